The second kappa shape index (κ2) is 10.0. The van der Waals surface area contributed by atoms with Gasteiger partial charge in [0.1, 0.15) is 11.6 Å². The summed E-state index contributed by atoms with van der Waals surface area (Å²) < 4.78 is 28.6. The fourth-order valence-electron chi connectivity index (χ4n) is 2.22. The topological polar surface area (TPSA) is 85.9 Å². The Bertz CT molecular complexity index is 797. The van der Waals surface area contributed by atoms with E-state index in [1.54, 1.807) is 24.3 Å². The molecule has 144 valence electrons. The number of rotatable bonds is 8. The average molecular weight is 376 g/mol. The molecule has 0 saturated heterocycles. The van der Waals surface area contributed by atoms with Gasteiger partial charge in [0.2, 0.25) is 5.91 Å². The molecular formula is C19H21FN2O5. The third-order valence-electron chi connectivity index (χ3n) is 3.57. The van der Waals surface area contributed by atoms with E-state index in [1.807, 2.05) is 0 Å². The SMILES string of the molecule is COc1ccc(C(=O)NNC(=O)CCCOc2cccc(F)c2)cc1OC. The van der Waals surface area contributed by atoms with Gasteiger partial charge in [0.15, 0.2) is 11.5 Å². The number of ether oxygens (including phenoxy) is 3. The van der Waals surface area contributed by atoms with Crippen LogP contribution in [0.1, 0.15) is 23.2 Å². The van der Waals surface area contributed by atoms with Crippen LogP contribution in [-0.4, -0.2) is 32.6 Å². The zero-order chi connectivity index (χ0) is 19.6. The van der Waals surface area contributed by atoms with Crippen molar-refractivity contribution in [3.05, 3.63) is 53.8 Å². The number of methoxy groups -OCH3 is 2. The van der Waals surface area contributed by atoms with Gasteiger partial charge in [-0.2, -0.15) is 0 Å². The molecule has 2 aromatic rings. The van der Waals surface area contributed by atoms with Gasteiger partial charge in [-0.25, -0.2) is 4.39 Å². The molecule has 0 aliphatic rings. The summed E-state index contributed by atoms with van der Waals surface area (Å²) >= 11 is 0. The average Bonchev–Trinajstić information content (AvgIpc) is 2.68. The van der Waals surface area contributed by atoms with Crippen LogP contribution >= 0.6 is 0 Å². The minimum Gasteiger partial charge on any atom is -0.493 e. The molecule has 0 atom stereocenters. The maximum absolute atomic E-state index is 13.0. The number of hydrazine groups is 1. The minimum atomic E-state index is -0.486. The summed E-state index contributed by atoms with van der Waals surface area (Å²) in [6.07, 6.45) is 0.552. The summed E-state index contributed by atoms with van der Waals surface area (Å²) in [5.74, 6) is 0.0645. The molecule has 0 saturated carbocycles. The Labute approximate surface area is 156 Å². The zero-order valence-electron chi connectivity index (χ0n) is 15.1. The summed E-state index contributed by atoms with van der Waals surface area (Å²) in [5.41, 5.74) is 4.96. The number of carbonyl (C=O) groups is 2. The first kappa shape index (κ1) is 20.0. The van der Waals surface area contributed by atoms with Crippen LogP contribution in [0.2, 0.25) is 0 Å². The molecule has 2 rings (SSSR count). The Morgan fingerprint density at radius 2 is 1.78 bits per heavy atom. The third-order valence-corrected chi connectivity index (χ3v) is 3.57. The second-order valence-corrected chi connectivity index (χ2v) is 5.48. The number of carbonyl (C=O) groups excluding carboxylic acids is 2. The van der Waals surface area contributed by atoms with E-state index in [0.717, 1.165) is 0 Å². The van der Waals surface area contributed by atoms with Crippen LogP contribution in [0.3, 0.4) is 0 Å². The van der Waals surface area contributed by atoms with Gasteiger partial charge in [-0.15, -0.1) is 0 Å². The Kier molecular flexibility index (Phi) is 7.42. The molecular weight excluding hydrogens is 355 g/mol. The van der Waals surface area contributed by atoms with Crippen molar-refractivity contribution in [3.63, 3.8) is 0 Å². The molecule has 27 heavy (non-hydrogen) atoms. The predicted molar refractivity (Wildman–Crippen MR) is 96.3 cm³/mol. The molecule has 0 heterocycles. The molecule has 0 aromatic heterocycles. The van der Waals surface area contributed by atoms with E-state index >= 15 is 0 Å². The summed E-state index contributed by atoms with van der Waals surface area (Å²) in [6, 6.07) is 10.4. The maximum Gasteiger partial charge on any atom is 0.269 e. The number of hydrogen-bond acceptors (Lipinski definition) is 5. The predicted octanol–water partition coefficient (Wildman–Crippen LogP) is 2.46. The monoisotopic (exact) mass is 376 g/mol. The Hall–Kier alpha value is -3.29. The van der Waals surface area contributed by atoms with Crippen LogP contribution in [0.25, 0.3) is 0 Å². The lowest BCUT2D eigenvalue weighted by Gasteiger charge is -2.11. The van der Waals surface area contributed by atoms with E-state index in [2.05, 4.69) is 10.9 Å². The highest BCUT2D eigenvalue weighted by Gasteiger charge is 2.11. The molecule has 0 radical (unpaired) electrons. The Morgan fingerprint density at radius 1 is 1.00 bits per heavy atom. The highest BCUT2D eigenvalue weighted by molar-refractivity contribution is 5.96. The van der Waals surface area contributed by atoms with Gasteiger partial charge >= 0.3 is 0 Å². The standard InChI is InChI=1S/C19H21FN2O5/c1-25-16-9-8-13(11-17(16)26-2)19(24)22-21-18(23)7-4-10-27-15-6-3-5-14(20)12-15/h3,5-6,8-9,11-12H,4,7,10H2,1-2H3,(H,21,23)(H,22,24). The first-order valence-electron chi connectivity index (χ1n) is 8.23. The highest BCUT2D eigenvalue weighted by Crippen LogP contribution is 2.27. The fourth-order valence-corrected chi connectivity index (χ4v) is 2.22. The molecule has 0 fully saturated rings. The van der Waals surface area contributed by atoms with Gasteiger partial charge in [0, 0.05) is 18.1 Å². The third kappa shape index (κ3) is 6.18. The highest BCUT2D eigenvalue weighted by atomic mass is 19.1. The first-order valence-corrected chi connectivity index (χ1v) is 8.23. The number of halogens is 1. The van der Waals surface area contributed by atoms with Crippen molar-refractivity contribution < 1.29 is 28.2 Å². The Morgan fingerprint density at radius 3 is 2.48 bits per heavy atom. The van der Waals surface area contributed by atoms with Gasteiger partial charge in [-0.1, -0.05) is 6.07 Å². The van der Waals surface area contributed by atoms with E-state index in [-0.39, 0.29) is 24.8 Å². The van der Waals surface area contributed by atoms with Crippen molar-refractivity contribution in [3.8, 4) is 17.2 Å². The second-order valence-electron chi connectivity index (χ2n) is 5.48. The summed E-state index contributed by atoms with van der Waals surface area (Å²) in [6.45, 7) is 0.250. The smallest absolute Gasteiger partial charge is 0.269 e. The molecule has 2 N–H and O–H groups in total. The van der Waals surface area contributed by atoms with Crippen molar-refractivity contribution in [2.45, 2.75) is 12.8 Å². The van der Waals surface area contributed by atoms with Gasteiger partial charge in [0.05, 0.1) is 20.8 Å². The summed E-state index contributed by atoms with van der Waals surface area (Å²) in [5, 5.41) is 0. The zero-order valence-corrected chi connectivity index (χ0v) is 15.1. The van der Waals surface area contributed by atoms with Gasteiger partial charge in [-0.05, 0) is 36.8 Å². The van der Waals surface area contributed by atoms with Gasteiger partial charge < -0.3 is 14.2 Å². The van der Waals surface area contributed by atoms with E-state index in [4.69, 9.17) is 14.2 Å². The molecule has 2 aromatic carbocycles. The van der Waals surface area contributed by atoms with Crippen LogP contribution in [0.5, 0.6) is 17.2 Å². The molecule has 0 aliphatic carbocycles. The van der Waals surface area contributed by atoms with Crippen LogP contribution in [-0.2, 0) is 4.79 Å². The van der Waals surface area contributed by atoms with E-state index < -0.39 is 5.91 Å². The molecule has 7 nitrogen and oxygen atoms in total. The van der Waals surface area contributed by atoms with Crippen LogP contribution in [0.4, 0.5) is 4.39 Å². The Balaban J connectivity index is 1.72. The summed E-state index contributed by atoms with van der Waals surface area (Å²) in [7, 11) is 2.96. The van der Waals surface area contributed by atoms with Crippen molar-refractivity contribution in [1.82, 2.24) is 10.9 Å². The molecule has 2 amide bonds. The molecule has 0 unspecified atom stereocenters. The van der Waals surface area contributed by atoms with Gasteiger partial charge in [0.25, 0.3) is 5.91 Å². The first-order chi connectivity index (χ1) is 13.0. The number of amides is 2. The van der Waals surface area contributed by atoms with Crippen molar-refractivity contribution >= 4 is 11.8 Å². The van der Waals surface area contributed by atoms with Crippen LogP contribution < -0.4 is 25.1 Å². The number of hydrogen-bond donors (Lipinski definition) is 2. The summed E-state index contributed by atoms with van der Waals surface area (Å²) in [4.78, 5) is 23.9. The van der Waals surface area contributed by atoms with E-state index in [1.165, 1.54) is 32.4 Å². The van der Waals surface area contributed by atoms with E-state index in [0.29, 0.717) is 29.2 Å². The molecule has 0 spiro atoms. The lowest BCUT2D eigenvalue weighted by atomic mass is 10.2. The maximum atomic E-state index is 13.0. The number of nitrogens with one attached hydrogen (secondary N) is 2. The fraction of sp³-hybridized carbons (Fsp3) is 0.263. The lowest BCUT2D eigenvalue weighted by molar-refractivity contribution is -0.122. The van der Waals surface area contributed by atoms with Crippen molar-refractivity contribution in [2.24, 2.45) is 0 Å². The quantitative estimate of drug-likeness (QED) is 0.546. The molecule has 8 heteroatoms. The van der Waals surface area contributed by atoms with Crippen molar-refractivity contribution in [2.75, 3.05) is 20.8 Å². The van der Waals surface area contributed by atoms with Gasteiger partial charge in [-0.3, -0.25) is 20.4 Å². The largest absolute Gasteiger partial charge is 0.493 e. The normalized spacial score (nSPS) is 10.0. The van der Waals surface area contributed by atoms with Crippen LogP contribution in [0.15, 0.2) is 42.5 Å². The number of benzene rings is 2. The molecule has 0 bridgehead atoms. The minimum absolute atomic E-state index is 0.140. The molecule has 0 aliphatic heterocycles. The lowest BCUT2D eigenvalue weighted by Crippen LogP contribution is -2.41. The van der Waals surface area contributed by atoms with Crippen LogP contribution in [0, 0.1) is 5.82 Å². The van der Waals surface area contributed by atoms with E-state index in [9.17, 15) is 14.0 Å². The van der Waals surface area contributed by atoms with Crippen molar-refractivity contribution in [1.29, 1.82) is 0 Å².